The normalized spacial score (nSPS) is 10.6. The van der Waals surface area contributed by atoms with Crippen molar-refractivity contribution < 1.29 is 4.92 Å². The molecule has 0 spiro atoms. The molecule has 20 heavy (non-hydrogen) atoms. The van der Waals surface area contributed by atoms with E-state index < -0.39 is 4.92 Å². The van der Waals surface area contributed by atoms with Gasteiger partial charge in [0.2, 0.25) is 5.95 Å². The van der Waals surface area contributed by atoms with E-state index >= 15 is 0 Å². The number of hydrogen-bond donors (Lipinski definition) is 1. The fraction of sp³-hybridized carbons (Fsp3) is 0. The van der Waals surface area contributed by atoms with Crippen molar-refractivity contribution in [3.63, 3.8) is 0 Å². The number of pyridine rings is 1. The highest BCUT2D eigenvalue weighted by atomic mass is 16.6. The van der Waals surface area contributed by atoms with E-state index in [0.29, 0.717) is 5.56 Å². The van der Waals surface area contributed by atoms with E-state index in [-0.39, 0.29) is 17.3 Å². The quantitative estimate of drug-likeness (QED) is 0.563. The zero-order valence-electron chi connectivity index (χ0n) is 10.2. The van der Waals surface area contributed by atoms with Crippen LogP contribution in [0.1, 0.15) is 0 Å². The van der Waals surface area contributed by atoms with Crippen LogP contribution in [0.5, 0.6) is 0 Å². The first-order valence-electron chi connectivity index (χ1n) is 5.77. The molecule has 7 heteroatoms. The molecular weight excluding hydrogens is 258 g/mol. The van der Waals surface area contributed by atoms with Crippen LogP contribution in [0.3, 0.4) is 0 Å². The van der Waals surface area contributed by atoms with Gasteiger partial charge in [0.05, 0.1) is 4.92 Å². The van der Waals surface area contributed by atoms with E-state index in [2.05, 4.69) is 15.0 Å². The maximum atomic E-state index is 11.1. The highest BCUT2D eigenvalue weighted by Crippen LogP contribution is 2.32. The lowest BCUT2D eigenvalue weighted by molar-refractivity contribution is -0.384. The first-order chi connectivity index (χ1) is 9.66. The van der Waals surface area contributed by atoms with Gasteiger partial charge in [0.15, 0.2) is 5.69 Å². The maximum absolute atomic E-state index is 11.1. The van der Waals surface area contributed by atoms with Gasteiger partial charge in [0.25, 0.3) is 0 Å². The fourth-order valence-electron chi connectivity index (χ4n) is 2.05. The topological polar surface area (TPSA) is 108 Å². The van der Waals surface area contributed by atoms with E-state index in [1.807, 2.05) is 6.07 Å². The summed E-state index contributed by atoms with van der Waals surface area (Å²) in [5.41, 5.74) is 6.21. The average molecular weight is 267 g/mol. The molecule has 98 valence electrons. The molecule has 0 radical (unpaired) electrons. The van der Waals surface area contributed by atoms with Crippen LogP contribution in [-0.2, 0) is 0 Å². The second-order valence-corrected chi connectivity index (χ2v) is 4.12. The van der Waals surface area contributed by atoms with Crippen LogP contribution in [0, 0.1) is 10.1 Å². The Labute approximate surface area is 113 Å². The SMILES string of the molecule is Nc1ncc([N+](=O)[O-])c(-c2cccc3cnccc23)n1. The molecule has 0 fully saturated rings. The fourth-order valence-corrected chi connectivity index (χ4v) is 2.05. The molecule has 2 aromatic heterocycles. The van der Waals surface area contributed by atoms with Crippen molar-refractivity contribution in [2.45, 2.75) is 0 Å². The third-order valence-electron chi connectivity index (χ3n) is 2.92. The van der Waals surface area contributed by atoms with Crippen LogP contribution in [-0.4, -0.2) is 19.9 Å². The smallest absolute Gasteiger partial charge is 0.313 e. The Morgan fingerprint density at radius 3 is 2.85 bits per heavy atom. The summed E-state index contributed by atoms with van der Waals surface area (Å²) in [5.74, 6) is -0.00309. The molecule has 0 saturated heterocycles. The summed E-state index contributed by atoms with van der Waals surface area (Å²) in [6.07, 6.45) is 4.44. The van der Waals surface area contributed by atoms with Gasteiger partial charge in [0.1, 0.15) is 6.20 Å². The lowest BCUT2D eigenvalue weighted by Gasteiger charge is -2.06. The van der Waals surface area contributed by atoms with Crippen molar-refractivity contribution in [3.05, 3.63) is 53.0 Å². The van der Waals surface area contributed by atoms with Crippen molar-refractivity contribution >= 4 is 22.4 Å². The maximum Gasteiger partial charge on any atom is 0.313 e. The van der Waals surface area contributed by atoms with Crippen LogP contribution in [0.4, 0.5) is 11.6 Å². The molecule has 2 N–H and O–H groups in total. The standard InChI is InChI=1S/C13H9N5O2/c14-13-16-7-11(18(19)20)12(17-13)10-3-1-2-8-6-15-5-4-9(8)10/h1-7H,(H2,14,16,17). The average Bonchev–Trinajstić information content (AvgIpc) is 2.46. The molecular formula is C13H9N5O2. The first-order valence-corrected chi connectivity index (χ1v) is 5.77. The van der Waals surface area contributed by atoms with Gasteiger partial charge in [0, 0.05) is 23.3 Å². The minimum Gasteiger partial charge on any atom is -0.368 e. The van der Waals surface area contributed by atoms with Crippen LogP contribution < -0.4 is 5.73 Å². The Kier molecular flexibility index (Phi) is 2.72. The summed E-state index contributed by atoms with van der Waals surface area (Å²) >= 11 is 0. The van der Waals surface area contributed by atoms with Crippen LogP contribution in [0.25, 0.3) is 22.0 Å². The second kappa shape index (κ2) is 4.54. The number of rotatable bonds is 2. The van der Waals surface area contributed by atoms with Gasteiger partial charge in [-0.2, -0.15) is 0 Å². The number of nitro groups is 1. The molecule has 0 unspecified atom stereocenters. The Morgan fingerprint density at radius 1 is 1.20 bits per heavy atom. The van der Waals surface area contributed by atoms with Gasteiger partial charge in [-0.05, 0) is 11.5 Å². The second-order valence-electron chi connectivity index (χ2n) is 4.12. The summed E-state index contributed by atoms with van der Waals surface area (Å²) in [7, 11) is 0. The van der Waals surface area contributed by atoms with E-state index in [1.54, 1.807) is 30.6 Å². The summed E-state index contributed by atoms with van der Waals surface area (Å²) in [4.78, 5) is 22.3. The summed E-state index contributed by atoms with van der Waals surface area (Å²) < 4.78 is 0. The van der Waals surface area contributed by atoms with Crippen LogP contribution >= 0.6 is 0 Å². The van der Waals surface area contributed by atoms with Crippen LogP contribution in [0.15, 0.2) is 42.9 Å². The van der Waals surface area contributed by atoms with Crippen molar-refractivity contribution in [1.29, 1.82) is 0 Å². The number of hydrogen-bond acceptors (Lipinski definition) is 6. The monoisotopic (exact) mass is 267 g/mol. The molecule has 0 aliphatic rings. The predicted octanol–water partition coefficient (Wildman–Crippen LogP) is 2.18. The number of anilines is 1. The van der Waals surface area contributed by atoms with Crippen molar-refractivity contribution in [2.24, 2.45) is 0 Å². The first kappa shape index (κ1) is 12.0. The molecule has 7 nitrogen and oxygen atoms in total. The minimum atomic E-state index is -0.519. The molecule has 3 rings (SSSR count). The van der Waals surface area contributed by atoms with Crippen molar-refractivity contribution in [1.82, 2.24) is 15.0 Å². The van der Waals surface area contributed by atoms with E-state index in [1.165, 1.54) is 0 Å². The highest BCUT2D eigenvalue weighted by Gasteiger charge is 2.19. The molecule has 0 bridgehead atoms. The number of nitrogens with two attached hydrogens (primary N) is 1. The van der Waals surface area contributed by atoms with E-state index in [0.717, 1.165) is 17.0 Å². The largest absolute Gasteiger partial charge is 0.368 e. The molecule has 0 aliphatic carbocycles. The summed E-state index contributed by atoms with van der Waals surface area (Å²) in [5, 5.41) is 12.8. The molecule has 0 saturated carbocycles. The van der Waals surface area contributed by atoms with Gasteiger partial charge in [-0.1, -0.05) is 18.2 Å². The Balaban J connectivity index is 2.36. The Hall–Kier alpha value is -3.09. The lowest BCUT2D eigenvalue weighted by Crippen LogP contribution is -2.01. The molecule has 0 atom stereocenters. The van der Waals surface area contributed by atoms with Gasteiger partial charge in [-0.15, -0.1) is 0 Å². The summed E-state index contributed by atoms with van der Waals surface area (Å²) in [6.45, 7) is 0. The minimum absolute atomic E-state index is 0.00309. The number of fused-ring (bicyclic) bond motifs is 1. The van der Waals surface area contributed by atoms with E-state index in [9.17, 15) is 10.1 Å². The van der Waals surface area contributed by atoms with Gasteiger partial charge >= 0.3 is 5.69 Å². The predicted molar refractivity (Wildman–Crippen MR) is 73.8 cm³/mol. The molecule has 0 aliphatic heterocycles. The zero-order valence-corrected chi connectivity index (χ0v) is 10.2. The highest BCUT2D eigenvalue weighted by molar-refractivity contribution is 5.97. The lowest BCUT2D eigenvalue weighted by atomic mass is 10.0. The van der Waals surface area contributed by atoms with E-state index in [4.69, 9.17) is 5.73 Å². The zero-order chi connectivity index (χ0) is 14.1. The van der Waals surface area contributed by atoms with Gasteiger partial charge < -0.3 is 5.73 Å². The number of nitrogens with zero attached hydrogens (tertiary/aromatic N) is 4. The number of nitrogen functional groups attached to an aromatic ring is 1. The van der Waals surface area contributed by atoms with Crippen molar-refractivity contribution in [2.75, 3.05) is 5.73 Å². The molecule has 1 aromatic carbocycles. The Bertz CT molecular complexity index is 813. The number of aromatic nitrogens is 3. The van der Waals surface area contributed by atoms with Gasteiger partial charge in [-0.3, -0.25) is 15.1 Å². The summed E-state index contributed by atoms with van der Waals surface area (Å²) in [6, 6.07) is 7.22. The third-order valence-corrected chi connectivity index (χ3v) is 2.92. The third kappa shape index (κ3) is 1.91. The molecule has 2 heterocycles. The Morgan fingerprint density at radius 2 is 2.05 bits per heavy atom. The van der Waals surface area contributed by atoms with Gasteiger partial charge in [-0.25, -0.2) is 9.97 Å². The molecule has 0 amide bonds. The number of benzene rings is 1. The molecule has 3 aromatic rings. The van der Waals surface area contributed by atoms with Crippen LogP contribution in [0.2, 0.25) is 0 Å². The van der Waals surface area contributed by atoms with Crippen molar-refractivity contribution in [3.8, 4) is 11.3 Å².